The molecule has 0 saturated carbocycles. The van der Waals surface area contributed by atoms with E-state index in [0.717, 1.165) is 0 Å². The van der Waals surface area contributed by atoms with Gasteiger partial charge in [-0.3, -0.25) is 9.59 Å². The molecule has 0 aromatic heterocycles. The number of hydrogen-bond acceptors (Lipinski definition) is 4. The van der Waals surface area contributed by atoms with Crippen LogP contribution in [0.2, 0.25) is 5.02 Å². The zero-order valence-corrected chi connectivity index (χ0v) is 12.6. The Labute approximate surface area is 123 Å². The van der Waals surface area contributed by atoms with Gasteiger partial charge in [0.2, 0.25) is 0 Å². The van der Waals surface area contributed by atoms with Crippen LogP contribution in [0.4, 0.5) is 0 Å². The Bertz CT molecular complexity index is 486. The number of amides is 1. The SMILES string of the molecule is CCN(CC)C(=O)COc1c(C=O)cc(Cl)cc1OC. The van der Waals surface area contributed by atoms with Crippen LogP contribution in [0.3, 0.4) is 0 Å². The lowest BCUT2D eigenvalue weighted by Gasteiger charge is -2.19. The van der Waals surface area contributed by atoms with Gasteiger partial charge in [0.05, 0.1) is 12.7 Å². The number of benzene rings is 1. The van der Waals surface area contributed by atoms with Gasteiger partial charge in [0.1, 0.15) is 0 Å². The minimum atomic E-state index is -0.152. The van der Waals surface area contributed by atoms with E-state index in [0.29, 0.717) is 30.1 Å². The van der Waals surface area contributed by atoms with Gasteiger partial charge in [-0.2, -0.15) is 0 Å². The molecule has 0 atom stereocenters. The summed E-state index contributed by atoms with van der Waals surface area (Å²) in [6.45, 7) is 4.84. The Morgan fingerprint density at radius 1 is 1.35 bits per heavy atom. The summed E-state index contributed by atoms with van der Waals surface area (Å²) in [5.74, 6) is 0.406. The molecule has 1 aromatic rings. The lowest BCUT2D eigenvalue weighted by atomic mass is 10.2. The highest BCUT2D eigenvalue weighted by molar-refractivity contribution is 6.31. The molecule has 5 nitrogen and oxygen atoms in total. The Kier molecular flexibility index (Phi) is 6.31. The monoisotopic (exact) mass is 299 g/mol. The van der Waals surface area contributed by atoms with Gasteiger partial charge in [0.15, 0.2) is 24.4 Å². The number of rotatable bonds is 7. The molecule has 0 unspecified atom stereocenters. The van der Waals surface area contributed by atoms with E-state index in [1.807, 2.05) is 13.8 Å². The van der Waals surface area contributed by atoms with Gasteiger partial charge in [0.25, 0.3) is 5.91 Å². The summed E-state index contributed by atoms with van der Waals surface area (Å²) in [6, 6.07) is 3.00. The number of ether oxygens (including phenoxy) is 2. The van der Waals surface area contributed by atoms with Gasteiger partial charge in [-0.1, -0.05) is 11.6 Å². The summed E-state index contributed by atoms with van der Waals surface area (Å²) in [7, 11) is 1.44. The van der Waals surface area contributed by atoms with Crippen molar-refractivity contribution >= 4 is 23.8 Å². The molecule has 0 aliphatic rings. The predicted molar refractivity (Wildman–Crippen MR) is 76.8 cm³/mol. The topological polar surface area (TPSA) is 55.8 Å². The highest BCUT2D eigenvalue weighted by atomic mass is 35.5. The molecule has 20 heavy (non-hydrogen) atoms. The number of halogens is 1. The molecule has 0 N–H and O–H groups in total. The van der Waals surface area contributed by atoms with Crippen molar-refractivity contribution in [1.82, 2.24) is 4.90 Å². The standard InChI is InChI=1S/C14H18ClNO4/c1-4-16(5-2)13(18)9-20-14-10(8-17)6-11(15)7-12(14)19-3/h6-8H,4-5,9H2,1-3H3. The summed E-state index contributed by atoms with van der Waals surface area (Å²) >= 11 is 5.87. The largest absolute Gasteiger partial charge is 0.493 e. The average molecular weight is 300 g/mol. The lowest BCUT2D eigenvalue weighted by Crippen LogP contribution is -2.34. The molecule has 6 heteroatoms. The molecule has 0 saturated heterocycles. The molecule has 0 bridgehead atoms. The van der Waals surface area contributed by atoms with Crippen molar-refractivity contribution < 1.29 is 19.1 Å². The minimum Gasteiger partial charge on any atom is -0.493 e. The van der Waals surface area contributed by atoms with Crippen molar-refractivity contribution in [3.05, 3.63) is 22.7 Å². The zero-order chi connectivity index (χ0) is 15.1. The van der Waals surface area contributed by atoms with Gasteiger partial charge in [-0.05, 0) is 19.9 Å². The first-order valence-corrected chi connectivity index (χ1v) is 6.68. The summed E-state index contributed by atoms with van der Waals surface area (Å²) in [6.07, 6.45) is 0.617. The Morgan fingerprint density at radius 3 is 2.50 bits per heavy atom. The van der Waals surface area contributed by atoms with Crippen LogP contribution in [-0.2, 0) is 4.79 Å². The molecular weight excluding hydrogens is 282 g/mol. The first kappa shape index (κ1) is 16.3. The zero-order valence-electron chi connectivity index (χ0n) is 11.8. The van der Waals surface area contributed by atoms with E-state index >= 15 is 0 Å². The smallest absolute Gasteiger partial charge is 0.260 e. The second-order valence-electron chi connectivity index (χ2n) is 4.00. The van der Waals surface area contributed by atoms with Crippen LogP contribution in [0.25, 0.3) is 0 Å². The van der Waals surface area contributed by atoms with E-state index in [2.05, 4.69) is 0 Å². The van der Waals surface area contributed by atoms with Crippen LogP contribution in [0, 0.1) is 0 Å². The van der Waals surface area contributed by atoms with Crippen LogP contribution in [0.5, 0.6) is 11.5 Å². The van der Waals surface area contributed by atoms with Gasteiger partial charge in [-0.15, -0.1) is 0 Å². The number of carbonyl (C=O) groups is 2. The summed E-state index contributed by atoms with van der Waals surface area (Å²) in [4.78, 5) is 24.6. The summed E-state index contributed by atoms with van der Waals surface area (Å²) in [5.41, 5.74) is 0.252. The highest BCUT2D eigenvalue weighted by Gasteiger charge is 2.16. The minimum absolute atomic E-state index is 0.149. The fraction of sp³-hybridized carbons (Fsp3) is 0.429. The predicted octanol–water partition coefficient (Wildman–Crippen LogP) is 2.41. The quantitative estimate of drug-likeness (QED) is 0.726. The number of hydrogen-bond donors (Lipinski definition) is 0. The molecule has 0 fully saturated rings. The molecule has 1 rings (SSSR count). The molecule has 110 valence electrons. The van der Waals surface area contributed by atoms with Crippen LogP contribution in [0.15, 0.2) is 12.1 Å². The van der Waals surface area contributed by atoms with Crippen LogP contribution >= 0.6 is 11.6 Å². The maximum absolute atomic E-state index is 11.9. The highest BCUT2D eigenvalue weighted by Crippen LogP contribution is 2.33. The first-order valence-electron chi connectivity index (χ1n) is 6.30. The molecule has 1 amide bonds. The number of nitrogens with zero attached hydrogens (tertiary/aromatic N) is 1. The molecule has 0 aliphatic carbocycles. The molecular formula is C14H18ClNO4. The Balaban J connectivity index is 2.91. The van der Waals surface area contributed by atoms with Crippen molar-refractivity contribution in [3.8, 4) is 11.5 Å². The van der Waals surface area contributed by atoms with E-state index in [1.165, 1.54) is 19.2 Å². The normalized spacial score (nSPS) is 10.0. The fourth-order valence-electron chi connectivity index (χ4n) is 1.78. The van der Waals surface area contributed by atoms with Crippen molar-refractivity contribution in [3.63, 3.8) is 0 Å². The Morgan fingerprint density at radius 2 is 2.00 bits per heavy atom. The van der Waals surface area contributed by atoms with Crippen LogP contribution < -0.4 is 9.47 Å². The van der Waals surface area contributed by atoms with Crippen molar-refractivity contribution in [2.45, 2.75) is 13.8 Å². The van der Waals surface area contributed by atoms with E-state index in [4.69, 9.17) is 21.1 Å². The third-order valence-corrected chi connectivity index (χ3v) is 3.07. The van der Waals surface area contributed by atoms with Gasteiger partial charge in [0, 0.05) is 24.2 Å². The van der Waals surface area contributed by atoms with E-state index < -0.39 is 0 Å². The third kappa shape index (κ3) is 3.87. The summed E-state index contributed by atoms with van der Waals surface area (Å²) in [5, 5.41) is 0.367. The molecule has 0 spiro atoms. The Hall–Kier alpha value is -1.75. The summed E-state index contributed by atoms with van der Waals surface area (Å²) < 4.78 is 10.6. The number of carbonyl (C=O) groups excluding carboxylic acids is 2. The molecule has 0 radical (unpaired) electrons. The molecule has 1 aromatic carbocycles. The van der Waals surface area contributed by atoms with E-state index in [1.54, 1.807) is 4.90 Å². The number of methoxy groups -OCH3 is 1. The second kappa shape index (κ2) is 7.75. The van der Waals surface area contributed by atoms with Gasteiger partial charge < -0.3 is 14.4 Å². The molecule has 0 aliphatic heterocycles. The van der Waals surface area contributed by atoms with Crippen LogP contribution in [0.1, 0.15) is 24.2 Å². The van der Waals surface area contributed by atoms with Crippen molar-refractivity contribution in [2.75, 3.05) is 26.8 Å². The second-order valence-corrected chi connectivity index (χ2v) is 4.44. The van der Waals surface area contributed by atoms with E-state index in [-0.39, 0.29) is 23.8 Å². The fourth-order valence-corrected chi connectivity index (χ4v) is 2.00. The number of aldehydes is 1. The van der Waals surface area contributed by atoms with Gasteiger partial charge >= 0.3 is 0 Å². The van der Waals surface area contributed by atoms with Gasteiger partial charge in [-0.25, -0.2) is 0 Å². The third-order valence-electron chi connectivity index (χ3n) is 2.85. The maximum atomic E-state index is 11.9. The number of likely N-dealkylation sites (N-methyl/N-ethyl adjacent to an activating group) is 1. The molecule has 0 heterocycles. The van der Waals surface area contributed by atoms with Crippen molar-refractivity contribution in [1.29, 1.82) is 0 Å². The lowest BCUT2D eigenvalue weighted by molar-refractivity contribution is -0.133. The van der Waals surface area contributed by atoms with Crippen molar-refractivity contribution in [2.24, 2.45) is 0 Å². The van der Waals surface area contributed by atoms with E-state index in [9.17, 15) is 9.59 Å². The van der Waals surface area contributed by atoms with Crippen LogP contribution in [-0.4, -0.2) is 43.9 Å². The maximum Gasteiger partial charge on any atom is 0.260 e. The average Bonchev–Trinajstić information content (AvgIpc) is 2.46. The first-order chi connectivity index (χ1) is 9.57.